The lowest BCUT2D eigenvalue weighted by Crippen LogP contribution is -2.07. The zero-order chi connectivity index (χ0) is 22.9. The van der Waals surface area contributed by atoms with Crippen LogP contribution < -0.4 is 14.2 Å². The number of rotatable bonds is 5. The summed E-state index contributed by atoms with van der Waals surface area (Å²) in [6, 6.07) is 21.7. The topological polar surface area (TPSA) is 66.4 Å². The van der Waals surface area contributed by atoms with Gasteiger partial charge in [0, 0.05) is 5.56 Å². The van der Waals surface area contributed by atoms with Gasteiger partial charge in [0.1, 0.15) is 0 Å². The Labute approximate surface area is 190 Å². The van der Waals surface area contributed by atoms with E-state index in [-0.39, 0.29) is 11.6 Å². The molecule has 0 atom stereocenters. The quantitative estimate of drug-likeness (QED) is 0.238. The predicted molar refractivity (Wildman–Crippen MR) is 128 cm³/mol. The number of hydrogen-bond acceptors (Lipinski definition) is 6. The maximum Gasteiger partial charge on any atom is 0.363 e. The number of hydrogen-bond donors (Lipinski definition) is 0. The molecule has 0 bridgehead atoms. The summed E-state index contributed by atoms with van der Waals surface area (Å²) in [5.41, 5.74) is 1.69. The Morgan fingerprint density at radius 3 is 1.91 bits per heavy atom. The van der Waals surface area contributed by atoms with E-state index >= 15 is 0 Å². The highest BCUT2D eigenvalue weighted by atomic mass is 16.6. The van der Waals surface area contributed by atoms with E-state index < -0.39 is 5.97 Å². The Bertz CT molecular complexity index is 1390. The molecule has 6 nitrogen and oxygen atoms in total. The molecule has 0 saturated carbocycles. The van der Waals surface area contributed by atoms with Crippen molar-refractivity contribution < 1.29 is 23.7 Å². The smallest absolute Gasteiger partial charge is 0.363 e. The lowest BCUT2D eigenvalue weighted by molar-refractivity contribution is -0.129. The summed E-state index contributed by atoms with van der Waals surface area (Å²) in [4.78, 5) is 17.3. The van der Waals surface area contributed by atoms with Crippen LogP contribution in [0.25, 0.3) is 27.6 Å². The van der Waals surface area contributed by atoms with Crippen molar-refractivity contribution in [2.45, 2.75) is 0 Å². The van der Waals surface area contributed by atoms with E-state index in [1.54, 1.807) is 18.2 Å². The maximum absolute atomic E-state index is 12.8. The number of cyclic esters (lactones) is 1. The fraction of sp³-hybridized carbons (Fsp3) is 0.111. The van der Waals surface area contributed by atoms with Gasteiger partial charge in [0.05, 0.1) is 21.3 Å². The number of aliphatic imine (C=N–C) groups is 1. The fourth-order valence-electron chi connectivity index (χ4n) is 4.08. The molecule has 0 fully saturated rings. The van der Waals surface area contributed by atoms with Crippen molar-refractivity contribution in [3.8, 4) is 17.2 Å². The number of nitrogens with zero attached hydrogens (tertiary/aromatic N) is 1. The van der Waals surface area contributed by atoms with E-state index in [9.17, 15) is 4.79 Å². The molecule has 5 rings (SSSR count). The molecule has 0 saturated heterocycles. The monoisotopic (exact) mass is 439 g/mol. The van der Waals surface area contributed by atoms with Gasteiger partial charge in [-0.2, -0.15) is 0 Å². The molecular weight excluding hydrogens is 418 g/mol. The van der Waals surface area contributed by atoms with Crippen molar-refractivity contribution in [3.05, 3.63) is 83.6 Å². The Balaban J connectivity index is 1.67. The third-order valence-electron chi connectivity index (χ3n) is 5.63. The Morgan fingerprint density at radius 1 is 0.788 bits per heavy atom. The first-order valence-electron chi connectivity index (χ1n) is 10.4. The summed E-state index contributed by atoms with van der Waals surface area (Å²) in [5.74, 6) is 1.00. The zero-order valence-electron chi connectivity index (χ0n) is 18.4. The molecule has 6 heteroatoms. The number of esters is 1. The van der Waals surface area contributed by atoms with Crippen LogP contribution in [0.15, 0.2) is 77.4 Å². The van der Waals surface area contributed by atoms with Gasteiger partial charge >= 0.3 is 5.97 Å². The molecule has 1 aliphatic rings. The average Bonchev–Trinajstić information content (AvgIpc) is 3.22. The van der Waals surface area contributed by atoms with E-state index in [1.165, 1.54) is 21.3 Å². The molecular formula is C27H21NO5. The normalized spacial score (nSPS) is 14.5. The minimum atomic E-state index is -0.518. The van der Waals surface area contributed by atoms with E-state index in [0.29, 0.717) is 22.8 Å². The van der Waals surface area contributed by atoms with Crippen LogP contribution >= 0.6 is 0 Å². The number of fused-ring (bicyclic) bond motifs is 2. The molecule has 0 aliphatic carbocycles. The fourth-order valence-corrected chi connectivity index (χ4v) is 4.08. The van der Waals surface area contributed by atoms with Crippen molar-refractivity contribution >= 4 is 39.5 Å². The second-order valence-electron chi connectivity index (χ2n) is 7.48. The first-order valence-corrected chi connectivity index (χ1v) is 10.4. The molecule has 0 unspecified atom stereocenters. The highest BCUT2D eigenvalue weighted by Gasteiger charge is 2.27. The number of benzene rings is 4. The third kappa shape index (κ3) is 3.55. The summed E-state index contributed by atoms with van der Waals surface area (Å²) >= 11 is 0. The molecule has 0 amide bonds. The molecule has 4 aromatic rings. The van der Waals surface area contributed by atoms with Crippen LogP contribution in [-0.2, 0) is 9.53 Å². The minimum Gasteiger partial charge on any atom is -0.493 e. The molecule has 4 aromatic carbocycles. The molecule has 0 spiro atoms. The summed E-state index contributed by atoms with van der Waals surface area (Å²) < 4.78 is 21.7. The largest absolute Gasteiger partial charge is 0.493 e. The van der Waals surface area contributed by atoms with Crippen LogP contribution in [-0.4, -0.2) is 33.2 Å². The van der Waals surface area contributed by atoms with Gasteiger partial charge < -0.3 is 18.9 Å². The van der Waals surface area contributed by atoms with Crippen molar-refractivity contribution in [3.63, 3.8) is 0 Å². The van der Waals surface area contributed by atoms with Gasteiger partial charge in [-0.05, 0) is 51.4 Å². The van der Waals surface area contributed by atoms with Gasteiger partial charge in [0.2, 0.25) is 11.6 Å². The van der Waals surface area contributed by atoms with Gasteiger partial charge in [-0.25, -0.2) is 9.79 Å². The van der Waals surface area contributed by atoms with Crippen molar-refractivity contribution in [2.75, 3.05) is 21.3 Å². The summed E-state index contributed by atoms with van der Waals surface area (Å²) in [7, 11) is 4.59. The third-order valence-corrected chi connectivity index (χ3v) is 5.63. The summed E-state index contributed by atoms with van der Waals surface area (Å²) in [6.07, 6.45) is 1.79. The van der Waals surface area contributed by atoms with Crippen molar-refractivity contribution in [2.24, 2.45) is 4.99 Å². The molecule has 0 N–H and O–H groups in total. The van der Waals surface area contributed by atoms with E-state index in [2.05, 4.69) is 23.2 Å². The van der Waals surface area contributed by atoms with Crippen LogP contribution in [0.5, 0.6) is 17.2 Å². The first kappa shape index (κ1) is 20.6. The average molecular weight is 439 g/mol. The number of carbonyl (C=O) groups is 1. The van der Waals surface area contributed by atoms with Crippen LogP contribution in [0, 0.1) is 0 Å². The van der Waals surface area contributed by atoms with E-state index in [4.69, 9.17) is 18.9 Å². The van der Waals surface area contributed by atoms with Crippen LogP contribution in [0.4, 0.5) is 0 Å². The lowest BCUT2D eigenvalue weighted by atomic mass is 9.96. The second kappa shape index (κ2) is 8.31. The Kier molecular flexibility index (Phi) is 5.18. The van der Waals surface area contributed by atoms with Crippen LogP contribution in [0.1, 0.15) is 11.1 Å². The zero-order valence-corrected chi connectivity index (χ0v) is 18.4. The Hall–Kier alpha value is -4.32. The van der Waals surface area contributed by atoms with Crippen LogP contribution in [0.2, 0.25) is 0 Å². The minimum absolute atomic E-state index is 0.176. The summed E-state index contributed by atoms with van der Waals surface area (Å²) in [6.45, 7) is 0. The predicted octanol–water partition coefficient (Wildman–Crippen LogP) is 5.36. The van der Waals surface area contributed by atoms with Gasteiger partial charge in [-0.15, -0.1) is 0 Å². The standard InChI is InChI=1S/C27H21NO5/c1-30-23-13-18(14-24(31-2)25(23)32-3)26-28-22(27(29)33-26)15-21-19-10-6-4-8-16(19)12-17-9-5-7-11-20(17)21/h4-15H,1-3H3/b22-15-. The molecule has 0 aromatic heterocycles. The molecule has 33 heavy (non-hydrogen) atoms. The molecule has 1 heterocycles. The SMILES string of the molecule is COc1cc(C2=N/C(=C\c3c4ccccc4cc4ccccc34)C(=O)O2)cc(OC)c1OC. The van der Waals surface area contributed by atoms with Crippen LogP contribution in [0.3, 0.4) is 0 Å². The van der Waals surface area contributed by atoms with Gasteiger partial charge in [-0.1, -0.05) is 48.5 Å². The molecule has 1 aliphatic heterocycles. The Morgan fingerprint density at radius 2 is 1.36 bits per heavy atom. The highest BCUT2D eigenvalue weighted by molar-refractivity contribution is 6.15. The lowest BCUT2D eigenvalue weighted by Gasteiger charge is -2.13. The van der Waals surface area contributed by atoms with Crippen molar-refractivity contribution in [1.29, 1.82) is 0 Å². The highest BCUT2D eigenvalue weighted by Crippen LogP contribution is 2.39. The molecule has 164 valence electrons. The van der Waals surface area contributed by atoms with Gasteiger partial charge in [0.15, 0.2) is 17.2 Å². The maximum atomic E-state index is 12.8. The number of carbonyl (C=O) groups excluding carboxylic acids is 1. The molecule has 0 radical (unpaired) electrons. The summed E-state index contributed by atoms with van der Waals surface area (Å²) in [5, 5.41) is 4.24. The van der Waals surface area contributed by atoms with E-state index in [1.807, 2.05) is 36.4 Å². The van der Waals surface area contributed by atoms with Gasteiger partial charge in [0.25, 0.3) is 0 Å². The first-order chi connectivity index (χ1) is 16.1. The number of methoxy groups -OCH3 is 3. The van der Waals surface area contributed by atoms with Gasteiger partial charge in [-0.3, -0.25) is 0 Å². The van der Waals surface area contributed by atoms with Crippen molar-refractivity contribution in [1.82, 2.24) is 0 Å². The number of ether oxygens (including phenoxy) is 4. The van der Waals surface area contributed by atoms with E-state index in [0.717, 1.165) is 27.1 Å². The second-order valence-corrected chi connectivity index (χ2v) is 7.48.